The zero-order valence-corrected chi connectivity index (χ0v) is 22.3. The van der Waals surface area contributed by atoms with E-state index in [0.29, 0.717) is 11.6 Å². The zero-order valence-electron chi connectivity index (χ0n) is 21.6. The van der Waals surface area contributed by atoms with Crippen LogP contribution in [0.5, 0.6) is 0 Å². The fourth-order valence-electron chi connectivity index (χ4n) is 4.86. The highest BCUT2D eigenvalue weighted by Gasteiger charge is 2.42. The molecule has 0 saturated heterocycles. The number of carboxylic acids is 1. The van der Waals surface area contributed by atoms with Crippen LogP contribution < -0.4 is 10.6 Å². The molecular weight excluding hydrogens is 570 g/mol. The van der Waals surface area contributed by atoms with E-state index in [1.54, 1.807) is 12.1 Å². The van der Waals surface area contributed by atoms with Gasteiger partial charge in [-0.1, -0.05) is 29.8 Å². The van der Waals surface area contributed by atoms with E-state index < -0.39 is 52.7 Å². The topological polar surface area (TPSA) is 122 Å². The van der Waals surface area contributed by atoms with Crippen LogP contribution in [0.4, 0.5) is 23.2 Å². The number of carboxylic acid groups (broad SMARTS) is 1. The normalized spacial score (nSPS) is 17.2. The van der Waals surface area contributed by atoms with Gasteiger partial charge in [0.25, 0.3) is 5.91 Å². The quantitative estimate of drug-likeness (QED) is 0.238. The van der Waals surface area contributed by atoms with Crippen LogP contribution in [-0.2, 0) is 15.8 Å². The van der Waals surface area contributed by atoms with Gasteiger partial charge in [0.2, 0.25) is 17.6 Å². The molecule has 0 radical (unpaired) electrons. The Bertz CT molecular complexity index is 1400. The molecular formula is C28H26ClF4N3O5. The third kappa shape index (κ3) is 7.63. The lowest BCUT2D eigenvalue weighted by Gasteiger charge is -2.28. The van der Waals surface area contributed by atoms with E-state index in [9.17, 15) is 31.9 Å². The standard InChI is InChI=1S/C28H26ClF4N3O5/c29-19-2-1-3-20(30)23(19)27-36-24(25(41-27)28(31,32)33)26(40)34-13-12-21(37)35-18-10-8-17(9-11-18)16-6-4-15(5-7-16)14-22(38)39/h1-3,8-11,15-16H,4-7,12-14H2,(H,34,40)(H,35,37)(H,38,39)/t15-,16-. The van der Waals surface area contributed by atoms with E-state index in [4.69, 9.17) is 21.1 Å². The number of carbonyl (C=O) groups is 3. The number of anilines is 1. The van der Waals surface area contributed by atoms with Crippen LogP contribution in [-0.4, -0.2) is 34.4 Å². The largest absolute Gasteiger partial charge is 0.481 e. The molecule has 2 aromatic carbocycles. The highest BCUT2D eigenvalue weighted by molar-refractivity contribution is 6.33. The summed E-state index contributed by atoms with van der Waals surface area (Å²) in [6.45, 7) is -0.303. The van der Waals surface area contributed by atoms with E-state index in [1.165, 1.54) is 12.1 Å². The van der Waals surface area contributed by atoms with E-state index in [2.05, 4.69) is 15.6 Å². The van der Waals surface area contributed by atoms with E-state index >= 15 is 0 Å². The number of rotatable bonds is 9. The molecule has 0 aliphatic heterocycles. The van der Waals surface area contributed by atoms with Crippen molar-refractivity contribution in [1.29, 1.82) is 0 Å². The van der Waals surface area contributed by atoms with Crippen LogP contribution in [0.2, 0.25) is 5.02 Å². The predicted molar refractivity (Wildman–Crippen MR) is 141 cm³/mol. The van der Waals surface area contributed by atoms with Crippen molar-refractivity contribution in [1.82, 2.24) is 10.3 Å². The van der Waals surface area contributed by atoms with Crippen molar-refractivity contribution in [3.8, 4) is 11.5 Å². The number of hydrogen-bond donors (Lipinski definition) is 3. The molecule has 3 N–H and O–H groups in total. The Morgan fingerprint density at radius 2 is 1.73 bits per heavy atom. The minimum absolute atomic E-state index is 0.184. The summed E-state index contributed by atoms with van der Waals surface area (Å²) in [7, 11) is 0. The second-order valence-corrected chi connectivity index (χ2v) is 10.2. The van der Waals surface area contributed by atoms with E-state index in [1.807, 2.05) is 12.1 Å². The molecule has 0 spiro atoms. The highest BCUT2D eigenvalue weighted by Crippen LogP contribution is 2.39. The van der Waals surface area contributed by atoms with Gasteiger partial charge in [-0.3, -0.25) is 14.4 Å². The number of nitrogens with zero attached hydrogens (tertiary/aromatic N) is 1. The molecule has 3 aromatic rings. The Morgan fingerprint density at radius 3 is 2.34 bits per heavy atom. The Hall–Kier alpha value is -3.93. The maximum absolute atomic E-state index is 14.2. The van der Waals surface area contributed by atoms with Gasteiger partial charge in [0.05, 0.1) is 10.6 Å². The third-order valence-corrected chi connectivity index (χ3v) is 7.20. The van der Waals surface area contributed by atoms with Gasteiger partial charge < -0.3 is 20.2 Å². The van der Waals surface area contributed by atoms with Crippen LogP contribution >= 0.6 is 11.6 Å². The number of halogens is 5. The Kier molecular flexibility index (Phi) is 9.31. The summed E-state index contributed by atoms with van der Waals surface area (Å²) in [4.78, 5) is 39.3. The van der Waals surface area contributed by atoms with Crippen molar-refractivity contribution in [2.75, 3.05) is 11.9 Å². The molecule has 1 aliphatic rings. The molecule has 0 atom stereocenters. The van der Waals surface area contributed by atoms with Gasteiger partial charge in [-0.25, -0.2) is 9.37 Å². The van der Waals surface area contributed by atoms with Gasteiger partial charge in [0, 0.05) is 25.1 Å². The molecule has 13 heteroatoms. The average molecular weight is 596 g/mol. The Morgan fingerprint density at radius 1 is 1.05 bits per heavy atom. The van der Waals surface area contributed by atoms with Gasteiger partial charge in [-0.2, -0.15) is 13.2 Å². The number of aliphatic carboxylic acids is 1. The van der Waals surface area contributed by atoms with Gasteiger partial charge in [0.1, 0.15) is 5.82 Å². The number of amides is 2. The van der Waals surface area contributed by atoms with Gasteiger partial charge >= 0.3 is 12.1 Å². The maximum atomic E-state index is 14.2. The monoisotopic (exact) mass is 595 g/mol. The Labute approximate surface area is 237 Å². The SMILES string of the molecule is O=C(O)C[C@H]1CC[C@H](c2ccc(NC(=O)CCNC(=O)c3nc(-c4c(F)cccc4Cl)oc3C(F)(F)F)cc2)CC1. The van der Waals surface area contributed by atoms with Gasteiger partial charge in [0.15, 0.2) is 5.69 Å². The minimum Gasteiger partial charge on any atom is -0.481 e. The summed E-state index contributed by atoms with van der Waals surface area (Å²) in [6.07, 6.45) is -1.69. The maximum Gasteiger partial charge on any atom is 0.452 e. The van der Waals surface area contributed by atoms with Crippen molar-refractivity contribution in [3.05, 3.63) is 70.3 Å². The first kappa shape index (κ1) is 30.0. The molecule has 0 bridgehead atoms. The average Bonchev–Trinajstić information content (AvgIpc) is 3.35. The first-order valence-corrected chi connectivity index (χ1v) is 13.2. The third-order valence-electron chi connectivity index (χ3n) is 6.89. The molecule has 1 aromatic heterocycles. The summed E-state index contributed by atoms with van der Waals surface area (Å²) < 4.78 is 59.4. The number of hydrogen-bond acceptors (Lipinski definition) is 5. The van der Waals surface area contributed by atoms with Crippen LogP contribution in [0.15, 0.2) is 46.9 Å². The summed E-state index contributed by atoms with van der Waals surface area (Å²) >= 11 is 5.89. The zero-order chi connectivity index (χ0) is 29.7. The molecule has 8 nitrogen and oxygen atoms in total. The van der Waals surface area contributed by atoms with Crippen molar-refractivity contribution < 1.29 is 41.5 Å². The second kappa shape index (κ2) is 12.7. The lowest BCUT2D eigenvalue weighted by atomic mass is 9.77. The molecule has 4 rings (SSSR count). The number of nitrogens with one attached hydrogen (secondary N) is 2. The molecule has 0 unspecified atom stereocenters. The molecule has 41 heavy (non-hydrogen) atoms. The fourth-order valence-corrected chi connectivity index (χ4v) is 5.10. The van der Waals surface area contributed by atoms with Crippen molar-refractivity contribution in [2.24, 2.45) is 5.92 Å². The molecule has 2 amide bonds. The van der Waals surface area contributed by atoms with Crippen LogP contribution in [0.25, 0.3) is 11.5 Å². The molecule has 1 aliphatic carbocycles. The summed E-state index contributed by atoms with van der Waals surface area (Å²) in [5.41, 5.74) is -0.0325. The lowest BCUT2D eigenvalue weighted by molar-refractivity contribution is -0.153. The fraction of sp³-hybridized carbons (Fsp3) is 0.357. The van der Waals surface area contributed by atoms with E-state index in [0.717, 1.165) is 37.3 Å². The first-order valence-electron chi connectivity index (χ1n) is 12.8. The van der Waals surface area contributed by atoms with Crippen molar-refractivity contribution >= 4 is 35.1 Å². The number of benzene rings is 2. The number of alkyl halides is 3. The molecule has 218 valence electrons. The summed E-state index contributed by atoms with van der Waals surface area (Å²) in [5.74, 6) is -5.52. The second-order valence-electron chi connectivity index (χ2n) is 9.78. The summed E-state index contributed by atoms with van der Waals surface area (Å²) in [6, 6.07) is 10.7. The molecule has 1 heterocycles. The minimum atomic E-state index is -5.10. The highest BCUT2D eigenvalue weighted by atomic mass is 35.5. The van der Waals surface area contributed by atoms with Crippen LogP contribution in [0.3, 0.4) is 0 Å². The van der Waals surface area contributed by atoms with Crippen molar-refractivity contribution in [3.63, 3.8) is 0 Å². The molecule has 1 saturated carbocycles. The van der Waals surface area contributed by atoms with Crippen LogP contribution in [0.1, 0.15) is 66.3 Å². The Balaban J connectivity index is 1.31. The smallest absolute Gasteiger partial charge is 0.452 e. The number of oxazole rings is 1. The van der Waals surface area contributed by atoms with Crippen molar-refractivity contribution in [2.45, 2.75) is 50.6 Å². The number of aromatic nitrogens is 1. The number of carbonyl (C=O) groups excluding carboxylic acids is 2. The summed E-state index contributed by atoms with van der Waals surface area (Å²) in [5, 5.41) is 13.6. The molecule has 1 fully saturated rings. The van der Waals surface area contributed by atoms with Gasteiger partial charge in [-0.05, 0) is 67.3 Å². The lowest BCUT2D eigenvalue weighted by Crippen LogP contribution is -2.29. The first-order chi connectivity index (χ1) is 19.4. The van der Waals surface area contributed by atoms with E-state index in [-0.39, 0.29) is 30.3 Å². The predicted octanol–water partition coefficient (Wildman–Crippen LogP) is 6.66. The van der Waals surface area contributed by atoms with Gasteiger partial charge in [-0.15, -0.1) is 0 Å². The van der Waals surface area contributed by atoms with Crippen LogP contribution in [0, 0.1) is 11.7 Å².